The summed E-state index contributed by atoms with van der Waals surface area (Å²) in [6.45, 7) is 3.95. The van der Waals surface area contributed by atoms with E-state index in [4.69, 9.17) is 5.73 Å². The van der Waals surface area contributed by atoms with Crippen LogP contribution in [0.2, 0.25) is 0 Å². The number of rotatable bonds is 2. The smallest absolute Gasteiger partial charge is 0.243 e. The van der Waals surface area contributed by atoms with E-state index in [-0.39, 0.29) is 19.1 Å². The third-order valence-electron chi connectivity index (χ3n) is 3.87. The van der Waals surface area contributed by atoms with E-state index in [1.54, 1.807) is 0 Å². The number of benzene rings is 1. The molecule has 0 saturated carbocycles. The Bertz CT molecular complexity index is 638. The van der Waals surface area contributed by atoms with Crippen molar-refractivity contribution in [1.29, 1.82) is 0 Å². The Morgan fingerprint density at radius 1 is 1.24 bits per heavy atom. The lowest BCUT2D eigenvalue weighted by Crippen LogP contribution is -2.53. The summed E-state index contributed by atoms with van der Waals surface area (Å²) in [5, 5.41) is 0. The first-order valence-electron chi connectivity index (χ1n) is 6.46. The molecule has 2 rings (SSSR count). The Kier molecular flexibility index (Phi) is 4.07. The first-order valence-corrected chi connectivity index (χ1v) is 7.90. The van der Waals surface area contributed by atoms with Gasteiger partial charge in [0, 0.05) is 19.1 Å². The van der Waals surface area contributed by atoms with Crippen molar-refractivity contribution in [2.24, 2.45) is 11.1 Å². The van der Waals surface area contributed by atoms with Gasteiger partial charge in [0.1, 0.15) is 0 Å². The molecule has 2 N–H and O–H groups in total. The number of nitrogens with two attached hydrogens (primary N) is 1. The first-order chi connectivity index (χ1) is 9.55. The number of piperidine rings is 1. The Labute approximate surface area is 121 Å². The number of halogens is 3. The SMILES string of the molecule is CC1(C)CN(S(=O)(=O)c2cc(F)c(F)c(F)c2)CCC1N. The Balaban J connectivity index is 2.39. The molecule has 0 spiro atoms. The molecule has 118 valence electrons. The van der Waals surface area contributed by atoms with Crippen LogP contribution in [0.1, 0.15) is 20.3 Å². The fraction of sp³-hybridized carbons (Fsp3) is 0.538. The average molecular weight is 322 g/mol. The van der Waals surface area contributed by atoms with Crippen molar-refractivity contribution in [2.45, 2.75) is 31.2 Å². The molecule has 0 aliphatic carbocycles. The summed E-state index contributed by atoms with van der Waals surface area (Å²) in [5.74, 6) is -4.74. The Hall–Kier alpha value is -1.12. The first kappa shape index (κ1) is 16.3. The predicted octanol–water partition coefficient (Wildman–Crippen LogP) is 1.85. The fourth-order valence-corrected chi connectivity index (χ4v) is 4.01. The monoisotopic (exact) mass is 322 g/mol. The maximum absolute atomic E-state index is 13.2. The van der Waals surface area contributed by atoms with E-state index in [1.807, 2.05) is 13.8 Å². The molecule has 1 aliphatic rings. The highest BCUT2D eigenvalue weighted by atomic mass is 32.2. The molecule has 0 bridgehead atoms. The van der Waals surface area contributed by atoms with E-state index >= 15 is 0 Å². The van der Waals surface area contributed by atoms with Crippen LogP contribution in [0.25, 0.3) is 0 Å². The van der Waals surface area contributed by atoms with Gasteiger partial charge in [-0.25, -0.2) is 21.6 Å². The van der Waals surface area contributed by atoms with Gasteiger partial charge in [-0.05, 0) is 24.0 Å². The minimum absolute atomic E-state index is 0.136. The molecular formula is C13H17F3N2O2S. The molecule has 4 nitrogen and oxygen atoms in total. The van der Waals surface area contributed by atoms with Crippen molar-refractivity contribution in [1.82, 2.24) is 4.31 Å². The van der Waals surface area contributed by atoms with E-state index in [1.165, 1.54) is 0 Å². The van der Waals surface area contributed by atoms with Crippen molar-refractivity contribution in [3.63, 3.8) is 0 Å². The van der Waals surface area contributed by atoms with Crippen LogP contribution in [-0.2, 0) is 10.0 Å². The average Bonchev–Trinajstić information content (AvgIpc) is 2.38. The predicted molar refractivity (Wildman–Crippen MR) is 71.4 cm³/mol. The number of sulfonamides is 1. The highest BCUT2D eigenvalue weighted by Gasteiger charge is 2.39. The second-order valence-electron chi connectivity index (χ2n) is 5.92. The van der Waals surface area contributed by atoms with Gasteiger partial charge in [0.15, 0.2) is 17.5 Å². The second-order valence-corrected chi connectivity index (χ2v) is 7.86. The molecule has 1 saturated heterocycles. The standard InChI is InChI=1S/C13H17F3N2O2S/c1-13(2)7-18(4-3-11(13)17)21(19,20)8-5-9(14)12(16)10(15)6-8/h5-6,11H,3-4,7,17H2,1-2H3. The third-order valence-corrected chi connectivity index (χ3v) is 5.70. The van der Waals surface area contributed by atoms with Crippen LogP contribution in [0.15, 0.2) is 17.0 Å². The molecule has 21 heavy (non-hydrogen) atoms. The highest BCUT2D eigenvalue weighted by Crippen LogP contribution is 2.31. The van der Waals surface area contributed by atoms with Gasteiger partial charge in [-0.3, -0.25) is 0 Å². The summed E-state index contributed by atoms with van der Waals surface area (Å²) < 4.78 is 65.4. The van der Waals surface area contributed by atoms with Crippen LogP contribution in [-0.4, -0.2) is 31.9 Å². The summed E-state index contributed by atoms with van der Waals surface area (Å²) in [4.78, 5) is -0.592. The van der Waals surface area contributed by atoms with Crippen LogP contribution in [0.5, 0.6) is 0 Å². The van der Waals surface area contributed by atoms with Crippen LogP contribution in [0.4, 0.5) is 13.2 Å². The molecule has 1 heterocycles. The maximum atomic E-state index is 13.2. The Morgan fingerprint density at radius 3 is 2.24 bits per heavy atom. The van der Waals surface area contributed by atoms with Crippen molar-refractivity contribution >= 4 is 10.0 Å². The fourth-order valence-electron chi connectivity index (χ4n) is 2.36. The lowest BCUT2D eigenvalue weighted by Gasteiger charge is -2.41. The van der Waals surface area contributed by atoms with E-state index in [0.717, 1.165) is 4.31 Å². The van der Waals surface area contributed by atoms with Gasteiger partial charge in [0.25, 0.3) is 0 Å². The normalized spacial score (nSPS) is 23.2. The second kappa shape index (κ2) is 5.26. The molecule has 8 heteroatoms. The lowest BCUT2D eigenvalue weighted by molar-refractivity contribution is 0.155. The van der Waals surface area contributed by atoms with Crippen molar-refractivity contribution < 1.29 is 21.6 Å². The molecular weight excluding hydrogens is 305 g/mol. The van der Waals surface area contributed by atoms with Crippen LogP contribution in [0, 0.1) is 22.9 Å². The summed E-state index contributed by atoms with van der Waals surface area (Å²) in [6.07, 6.45) is 0.443. The minimum atomic E-state index is -4.09. The van der Waals surface area contributed by atoms with Crippen molar-refractivity contribution in [3.8, 4) is 0 Å². The molecule has 1 aromatic carbocycles. The highest BCUT2D eigenvalue weighted by molar-refractivity contribution is 7.89. The van der Waals surface area contributed by atoms with E-state index in [0.29, 0.717) is 18.6 Å². The van der Waals surface area contributed by atoms with Crippen molar-refractivity contribution in [2.75, 3.05) is 13.1 Å². The largest absolute Gasteiger partial charge is 0.327 e. The quantitative estimate of drug-likeness (QED) is 0.845. The molecule has 1 fully saturated rings. The van der Waals surface area contributed by atoms with Gasteiger partial charge < -0.3 is 5.73 Å². The zero-order valence-electron chi connectivity index (χ0n) is 11.7. The topological polar surface area (TPSA) is 63.4 Å². The Morgan fingerprint density at radius 2 is 1.76 bits per heavy atom. The van der Waals surface area contributed by atoms with E-state index in [9.17, 15) is 21.6 Å². The van der Waals surface area contributed by atoms with Gasteiger partial charge >= 0.3 is 0 Å². The minimum Gasteiger partial charge on any atom is -0.327 e. The maximum Gasteiger partial charge on any atom is 0.243 e. The zero-order valence-corrected chi connectivity index (χ0v) is 12.6. The molecule has 0 aromatic heterocycles. The number of hydrogen-bond acceptors (Lipinski definition) is 3. The molecule has 1 atom stereocenters. The number of nitrogens with zero attached hydrogens (tertiary/aromatic N) is 1. The summed E-state index contributed by atoms with van der Waals surface area (Å²) in [6, 6.07) is 0.829. The molecule has 1 aromatic rings. The van der Waals surface area contributed by atoms with E-state index in [2.05, 4.69) is 0 Å². The van der Waals surface area contributed by atoms with E-state index < -0.39 is 37.8 Å². The molecule has 0 amide bonds. The third kappa shape index (κ3) is 2.93. The molecule has 0 radical (unpaired) electrons. The van der Waals surface area contributed by atoms with Gasteiger partial charge in [-0.2, -0.15) is 4.31 Å². The molecule has 1 aliphatic heterocycles. The summed E-state index contributed by atoms with van der Waals surface area (Å²) in [5.41, 5.74) is 5.48. The zero-order chi connectivity index (χ0) is 16.0. The van der Waals surface area contributed by atoms with Crippen molar-refractivity contribution in [3.05, 3.63) is 29.6 Å². The van der Waals surface area contributed by atoms with Gasteiger partial charge in [-0.1, -0.05) is 13.8 Å². The van der Waals surface area contributed by atoms with Crippen LogP contribution < -0.4 is 5.73 Å². The van der Waals surface area contributed by atoms with Crippen LogP contribution in [0.3, 0.4) is 0 Å². The lowest BCUT2D eigenvalue weighted by atomic mass is 9.81. The number of hydrogen-bond donors (Lipinski definition) is 1. The summed E-state index contributed by atoms with van der Waals surface area (Å²) in [7, 11) is -4.09. The van der Waals surface area contributed by atoms with Gasteiger partial charge in [-0.15, -0.1) is 0 Å². The van der Waals surface area contributed by atoms with Gasteiger partial charge in [0.2, 0.25) is 10.0 Å². The summed E-state index contributed by atoms with van der Waals surface area (Å²) >= 11 is 0. The van der Waals surface area contributed by atoms with Crippen LogP contribution >= 0.6 is 0 Å². The van der Waals surface area contributed by atoms with Gasteiger partial charge in [0.05, 0.1) is 4.90 Å². The molecule has 1 unspecified atom stereocenters.